The summed E-state index contributed by atoms with van der Waals surface area (Å²) in [6, 6.07) is 7.10. The van der Waals surface area contributed by atoms with Crippen LogP contribution in [0, 0.1) is 6.92 Å². The molecule has 2 rings (SSSR count). The molecule has 1 N–H and O–H groups in total. The Morgan fingerprint density at radius 2 is 2.06 bits per heavy atom. The topological polar surface area (TPSA) is 59.8 Å². The average Bonchev–Trinajstić information content (AvgIpc) is 2.31. The van der Waals surface area contributed by atoms with Crippen molar-refractivity contribution in [1.82, 2.24) is 14.8 Å². The molecule has 5 nitrogen and oxygen atoms in total. The van der Waals surface area contributed by atoms with E-state index in [4.69, 9.17) is 0 Å². The van der Waals surface area contributed by atoms with Gasteiger partial charge in [0.25, 0.3) is 5.56 Å². The molecule has 5 heteroatoms. The van der Waals surface area contributed by atoms with E-state index in [2.05, 4.69) is 15.5 Å². The number of aromatic nitrogens is 3. The fraction of sp³-hybridized carbons (Fsp3) is 0.182. The Bertz CT molecular complexity index is 545. The van der Waals surface area contributed by atoms with Gasteiger partial charge in [0, 0.05) is 13.2 Å². The van der Waals surface area contributed by atoms with Gasteiger partial charge in [-0.2, -0.15) is 5.10 Å². The first-order valence-corrected chi connectivity index (χ1v) is 4.92. The number of nitrogens with one attached hydrogen (secondary N) is 1. The van der Waals surface area contributed by atoms with Crippen molar-refractivity contribution in [2.45, 2.75) is 6.92 Å². The second kappa shape index (κ2) is 4.14. The first kappa shape index (κ1) is 10.4. The number of anilines is 1. The number of nitrogens with zero attached hydrogens (tertiary/aromatic N) is 3. The van der Waals surface area contributed by atoms with E-state index >= 15 is 0 Å². The molecule has 2 aromatic heterocycles. The summed E-state index contributed by atoms with van der Waals surface area (Å²) in [5, 5.41) is 10.7. The Balaban J connectivity index is 2.56. The first-order valence-electron chi connectivity index (χ1n) is 4.92. The van der Waals surface area contributed by atoms with Crippen molar-refractivity contribution >= 4 is 5.69 Å². The van der Waals surface area contributed by atoms with Crippen molar-refractivity contribution < 1.29 is 0 Å². The predicted octanol–water partition coefficient (Wildman–Crippen LogP) is 0.978. The lowest BCUT2D eigenvalue weighted by atomic mass is 10.4. The molecule has 0 aromatic carbocycles. The summed E-state index contributed by atoms with van der Waals surface area (Å²) in [6.07, 6.45) is 1.67. The van der Waals surface area contributed by atoms with Gasteiger partial charge < -0.3 is 5.32 Å². The minimum Gasteiger partial charge on any atom is -0.384 e. The van der Waals surface area contributed by atoms with E-state index in [1.807, 2.05) is 13.0 Å². The Hall–Kier alpha value is -2.17. The summed E-state index contributed by atoms with van der Waals surface area (Å²) in [5.41, 5.74) is 1.22. The molecule has 2 aromatic rings. The lowest BCUT2D eigenvalue weighted by Gasteiger charge is -2.06. The highest BCUT2D eigenvalue weighted by atomic mass is 16.1. The van der Waals surface area contributed by atoms with Gasteiger partial charge in [0.15, 0.2) is 5.82 Å². The molecule has 0 bridgehead atoms. The van der Waals surface area contributed by atoms with Crippen molar-refractivity contribution in [3.63, 3.8) is 0 Å². The van der Waals surface area contributed by atoms with E-state index < -0.39 is 0 Å². The van der Waals surface area contributed by atoms with Gasteiger partial charge in [-0.3, -0.25) is 9.36 Å². The van der Waals surface area contributed by atoms with Crippen LogP contribution in [0.25, 0.3) is 5.82 Å². The summed E-state index contributed by atoms with van der Waals surface area (Å²) in [4.78, 5) is 11.9. The van der Waals surface area contributed by atoms with Gasteiger partial charge in [-0.05, 0) is 31.2 Å². The zero-order valence-corrected chi connectivity index (χ0v) is 9.14. The van der Waals surface area contributed by atoms with Crippen molar-refractivity contribution in [3.8, 4) is 5.82 Å². The van der Waals surface area contributed by atoms with Crippen LogP contribution < -0.4 is 10.9 Å². The van der Waals surface area contributed by atoms with Crippen LogP contribution in [-0.4, -0.2) is 21.8 Å². The second-order valence-corrected chi connectivity index (χ2v) is 3.38. The fourth-order valence-electron chi connectivity index (χ4n) is 1.39. The molecule has 0 aliphatic rings. The van der Waals surface area contributed by atoms with Gasteiger partial charge in [-0.15, -0.1) is 5.10 Å². The highest BCUT2D eigenvalue weighted by molar-refractivity contribution is 5.41. The molecule has 82 valence electrons. The van der Waals surface area contributed by atoms with Crippen LogP contribution in [-0.2, 0) is 0 Å². The number of aryl methyl sites for hydroxylation is 1. The fourth-order valence-corrected chi connectivity index (χ4v) is 1.39. The third kappa shape index (κ3) is 1.79. The monoisotopic (exact) mass is 216 g/mol. The molecule has 0 aliphatic carbocycles. The maximum atomic E-state index is 11.9. The van der Waals surface area contributed by atoms with E-state index in [0.29, 0.717) is 11.5 Å². The molecule has 16 heavy (non-hydrogen) atoms. The molecule has 0 aliphatic heterocycles. The summed E-state index contributed by atoms with van der Waals surface area (Å²) in [5.74, 6) is 0.521. The molecule has 0 fully saturated rings. The molecular weight excluding hydrogens is 204 g/mol. The standard InChI is InChI=1S/C11H12N4O/c1-8-5-6-10(14-13-8)15-7-3-4-9(12-2)11(15)16/h3-7,12H,1-2H3. The largest absolute Gasteiger partial charge is 0.384 e. The Kier molecular flexibility index (Phi) is 2.68. The second-order valence-electron chi connectivity index (χ2n) is 3.38. The van der Waals surface area contributed by atoms with Gasteiger partial charge in [0.05, 0.1) is 5.69 Å². The smallest absolute Gasteiger partial charge is 0.279 e. The molecule has 0 unspecified atom stereocenters. The summed E-state index contributed by atoms with van der Waals surface area (Å²) >= 11 is 0. The maximum absolute atomic E-state index is 11.9. The molecule has 0 atom stereocenters. The van der Waals surface area contributed by atoms with E-state index in [1.54, 1.807) is 31.4 Å². The van der Waals surface area contributed by atoms with Gasteiger partial charge >= 0.3 is 0 Å². The van der Waals surface area contributed by atoms with Gasteiger partial charge in [0.1, 0.15) is 5.69 Å². The third-order valence-electron chi connectivity index (χ3n) is 2.25. The Morgan fingerprint density at radius 1 is 1.25 bits per heavy atom. The number of rotatable bonds is 2. The molecule has 0 radical (unpaired) electrons. The summed E-state index contributed by atoms with van der Waals surface area (Å²) < 4.78 is 1.46. The van der Waals surface area contributed by atoms with Gasteiger partial charge in [-0.25, -0.2) is 0 Å². The SMILES string of the molecule is CNc1cccn(-c2ccc(C)nn2)c1=O. The third-order valence-corrected chi connectivity index (χ3v) is 2.25. The molecular formula is C11H12N4O. The molecule has 0 spiro atoms. The van der Waals surface area contributed by atoms with Crippen molar-refractivity contribution in [2.75, 3.05) is 12.4 Å². The van der Waals surface area contributed by atoms with E-state index in [0.717, 1.165) is 5.69 Å². The van der Waals surface area contributed by atoms with Gasteiger partial charge in [-0.1, -0.05) is 0 Å². The van der Waals surface area contributed by atoms with Crippen LogP contribution in [0.3, 0.4) is 0 Å². The normalized spacial score (nSPS) is 10.1. The number of pyridine rings is 1. The van der Waals surface area contributed by atoms with Crippen molar-refractivity contribution in [1.29, 1.82) is 0 Å². The molecule has 0 saturated carbocycles. The van der Waals surface area contributed by atoms with Crippen LogP contribution in [0.5, 0.6) is 0 Å². The Morgan fingerprint density at radius 3 is 2.69 bits per heavy atom. The van der Waals surface area contributed by atoms with E-state index in [-0.39, 0.29) is 5.56 Å². The van der Waals surface area contributed by atoms with Gasteiger partial charge in [0.2, 0.25) is 0 Å². The summed E-state index contributed by atoms with van der Waals surface area (Å²) in [7, 11) is 1.71. The Labute approximate surface area is 92.8 Å². The number of hydrogen-bond acceptors (Lipinski definition) is 4. The lowest BCUT2D eigenvalue weighted by molar-refractivity contribution is 0.867. The first-order chi connectivity index (χ1) is 7.72. The van der Waals surface area contributed by atoms with Crippen LogP contribution in [0.4, 0.5) is 5.69 Å². The number of hydrogen-bond donors (Lipinski definition) is 1. The summed E-state index contributed by atoms with van der Waals surface area (Å²) in [6.45, 7) is 1.85. The van der Waals surface area contributed by atoms with Crippen LogP contribution in [0.2, 0.25) is 0 Å². The van der Waals surface area contributed by atoms with Crippen molar-refractivity contribution in [3.05, 3.63) is 46.5 Å². The molecule has 2 heterocycles. The minimum absolute atomic E-state index is 0.136. The minimum atomic E-state index is -0.136. The van der Waals surface area contributed by atoms with Crippen molar-refractivity contribution in [2.24, 2.45) is 0 Å². The maximum Gasteiger partial charge on any atom is 0.279 e. The zero-order valence-electron chi connectivity index (χ0n) is 9.14. The van der Waals surface area contributed by atoms with E-state index in [1.165, 1.54) is 4.57 Å². The lowest BCUT2D eigenvalue weighted by Crippen LogP contribution is -2.21. The van der Waals surface area contributed by atoms with E-state index in [9.17, 15) is 4.79 Å². The highest BCUT2D eigenvalue weighted by Crippen LogP contribution is 2.03. The van der Waals surface area contributed by atoms with Crippen LogP contribution in [0.1, 0.15) is 5.69 Å². The zero-order chi connectivity index (χ0) is 11.5. The quantitative estimate of drug-likeness (QED) is 0.812. The van der Waals surface area contributed by atoms with Crippen LogP contribution >= 0.6 is 0 Å². The predicted molar refractivity (Wildman–Crippen MR) is 61.9 cm³/mol. The molecule has 0 amide bonds. The van der Waals surface area contributed by atoms with Crippen LogP contribution in [0.15, 0.2) is 35.3 Å². The highest BCUT2D eigenvalue weighted by Gasteiger charge is 2.04. The molecule has 0 saturated heterocycles. The average molecular weight is 216 g/mol.